The van der Waals surface area contributed by atoms with Crippen molar-refractivity contribution in [2.24, 2.45) is 5.92 Å². The monoisotopic (exact) mass is 380 g/mol. The maximum Gasteiger partial charge on any atom is 0.376 e. The summed E-state index contributed by atoms with van der Waals surface area (Å²) >= 11 is 0. The van der Waals surface area contributed by atoms with Crippen LogP contribution in [0.2, 0.25) is 19.6 Å². The smallest absolute Gasteiger partial charge is 0.376 e. The zero-order valence-corrected chi connectivity index (χ0v) is 17.1. The van der Waals surface area contributed by atoms with Crippen LogP contribution in [0.5, 0.6) is 0 Å². The van der Waals surface area contributed by atoms with Crippen LogP contribution in [0, 0.1) is 12.8 Å². The number of aryl methyl sites for hydroxylation is 1. The van der Waals surface area contributed by atoms with Gasteiger partial charge in [0.15, 0.2) is 13.9 Å². The van der Waals surface area contributed by atoms with E-state index in [9.17, 15) is 9.59 Å². The number of rotatable bonds is 4. The first-order valence-electron chi connectivity index (χ1n) is 9.30. The number of Topliss-reactive ketones (excluding diaryl/α,β-unsaturated/α-hetero) is 1. The van der Waals surface area contributed by atoms with Crippen LogP contribution in [0.25, 0.3) is 0 Å². The highest BCUT2D eigenvalue weighted by Gasteiger charge is 2.78. The van der Waals surface area contributed by atoms with Gasteiger partial charge in [-0.1, -0.05) is 60.2 Å². The van der Waals surface area contributed by atoms with Crippen molar-refractivity contribution >= 4 is 20.1 Å². The summed E-state index contributed by atoms with van der Waals surface area (Å²) in [6.07, 6.45) is 0.458. The lowest BCUT2D eigenvalue weighted by molar-refractivity contribution is -0.248. The SMILES string of the molecule is Cc1ccc([C@@]23OC(=O)C(=O)[C@@H]2C[C@@]3(O[Si](C)(C)C)c2ccccc2)cc1. The molecule has 0 radical (unpaired) electrons. The van der Waals surface area contributed by atoms with Gasteiger partial charge in [0.2, 0.25) is 5.78 Å². The first kappa shape index (κ1) is 18.1. The van der Waals surface area contributed by atoms with Crippen molar-refractivity contribution in [3.05, 3.63) is 71.3 Å². The van der Waals surface area contributed by atoms with Crippen LogP contribution in [0.4, 0.5) is 0 Å². The fourth-order valence-corrected chi connectivity index (χ4v) is 5.93. The molecule has 2 fully saturated rings. The van der Waals surface area contributed by atoms with E-state index in [4.69, 9.17) is 9.16 Å². The highest BCUT2D eigenvalue weighted by Crippen LogP contribution is 2.67. The Labute approximate surface area is 160 Å². The lowest BCUT2D eigenvalue weighted by Gasteiger charge is -2.60. The number of ketones is 1. The topological polar surface area (TPSA) is 52.6 Å². The quantitative estimate of drug-likeness (QED) is 0.456. The van der Waals surface area contributed by atoms with Crippen LogP contribution in [0.1, 0.15) is 23.1 Å². The van der Waals surface area contributed by atoms with Crippen LogP contribution in [-0.2, 0) is 30.0 Å². The minimum Gasteiger partial charge on any atom is -0.444 e. The van der Waals surface area contributed by atoms with E-state index in [0.29, 0.717) is 6.42 Å². The number of esters is 1. The van der Waals surface area contributed by atoms with E-state index < -0.39 is 37.2 Å². The Bertz CT molecular complexity index is 900. The molecule has 1 aliphatic carbocycles. The van der Waals surface area contributed by atoms with E-state index in [0.717, 1.165) is 16.7 Å². The normalized spacial score (nSPS) is 29.9. The summed E-state index contributed by atoms with van der Waals surface area (Å²) in [5.41, 5.74) is 0.937. The summed E-state index contributed by atoms with van der Waals surface area (Å²) < 4.78 is 12.7. The van der Waals surface area contributed by atoms with Crippen LogP contribution < -0.4 is 0 Å². The van der Waals surface area contributed by atoms with Gasteiger partial charge in [0.25, 0.3) is 0 Å². The zero-order chi connectivity index (χ0) is 19.4. The van der Waals surface area contributed by atoms with Gasteiger partial charge in [0, 0.05) is 0 Å². The van der Waals surface area contributed by atoms with E-state index in [2.05, 4.69) is 19.6 Å². The predicted octanol–water partition coefficient (Wildman–Crippen LogP) is 4.08. The zero-order valence-electron chi connectivity index (χ0n) is 16.1. The molecule has 1 saturated heterocycles. The first-order chi connectivity index (χ1) is 12.7. The lowest BCUT2D eigenvalue weighted by Crippen LogP contribution is -2.67. The Morgan fingerprint density at radius 3 is 2.15 bits per heavy atom. The summed E-state index contributed by atoms with van der Waals surface area (Å²) in [5.74, 6) is -1.71. The molecule has 1 heterocycles. The maximum atomic E-state index is 12.6. The van der Waals surface area contributed by atoms with Crippen molar-refractivity contribution in [2.45, 2.75) is 44.2 Å². The molecule has 4 rings (SSSR count). The van der Waals surface area contributed by atoms with Crippen molar-refractivity contribution < 1.29 is 18.8 Å². The largest absolute Gasteiger partial charge is 0.444 e. The molecule has 2 aromatic carbocycles. The molecule has 5 heteroatoms. The second kappa shape index (κ2) is 5.88. The summed E-state index contributed by atoms with van der Waals surface area (Å²) in [7, 11) is -2.04. The van der Waals surface area contributed by atoms with Gasteiger partial charge in [-0.3, -0.25) is 4.79 Å². The van der Waals surface area contributed by atoms with Crippen LogP contribution in [-0.4, -0.2) is 20.1 Å². The minimum absolute atomic E-state index is 0.443. The number of hydrogen-bond acceptors (Lipinski definition) is 4. The Morgan fingerprint density at radius 1 is 0.963 bits per heavy atom. The summed E-state index contributed by atoms with van der Waals surface area (Å²) in [4.78, 5) is 24.9. The molecule has 27 heavy (non-hydrogen) atoms. The molecule has 1 saturated carbocycles. The Morgan fingerprint density at radius 2 is 1.59 bits per heavy atom. The van der Waals surface area contributed by atoms with Gasteiger partial charge in [-0.15, -0.1) is 0 Å². The molecule has 0 N–H and O–H groups in total. The Kier molecular flexibility index (Phi) is 3.95. The van der Waals surface area contributed by atoms with Crippen molar-refractivity contribution in [1.82, 2.24) is 0 Å². The molecule has 140 valence electrons. The van der Waals surface area contributed by atoms with Gasteiger partial charge in [-0.2, -0.15) is 0 Å². The van der Waals surface area contributed by atoms with Gasteiger partial charge >= 0.3 is 5.97 Å². The van der Waals surface area contributed by atoms with Gasteiger partial charge in [0.05, 0.1) is 5.92 Å². The van der Waals surface area contributed by atoms with Gasteiger partial charge in [-0.05, 0) is 44.1 Å². The van der Waals surface area contributed by atoms with Gasteiger partial charge in [-0.25, -0.2) is 4.79 Å². The molecule has 1 aliphatic heterocycles. The molecule has 0 amide bonds. The molecular weight excluding hydrogens is 356 g/mol. The van der Waals surface area contributed by atoms with Crippen molar-refractivity contribution in [3.8, 4) is 0 Å². The second-order valence-electron chi connectivity index (χ2n) is 8.52. The van der Waals surface area contributed by atoms with Crippen molar-refractivity contribution in [3.63, 3.8) is 0 Å². The molecule has 0 unspecified atom stereocenters. The summed E-state index contributed by atoms with van der Waals surface area (Å²) in [5, 5.41) is 0. The molecule has 4 nitrogen and oxygen atoms in total. The number of carbonyl (C=O) groups is 2. The van der Waals surface area contributed by atoms with Crippen LogP contribution in [0.15, 0.2) is 54.6 Å². The van der Waals surface area contributed by atoms with Crippen LogP contribution >= 0.6 is 0 Å². The number of fused-ring (bicyclic) bond motifs is 1. The number of benzene rings is 2. The van der Waals surface area contributed by atoms with E-state index in [-0.39, 0.29) is 0 Å². The lowest BCUT2D eigenvalue weighted by atomic mass is 9.52. The van der Waals surface area contributed by atoms with Crippen LogP contribution in [0.3, 0.4) is 0 Å². The molecule has 3 atom stereocenters. The minimum atomic E-state index is -2.04. The Hall–Kier alpha value is -2.24. The molecule has 2 aromatic rings. The average molecular weight is 381 g/mol. The maximum absolute atomic E-state index is 12.6. The third kappa shape index (κ3) is 2.52. The van der Waals surface area contributed by atoms with Gasteiger partial charge < -0.3 is 9.16 Å². The third-order valence-corrected chi connectivity index (χ3v) is 6.52. The van der Waals surface area contributed by atoms with E-state index >= 15 is 0 Å². The molecule has 0 aromatic heterocycles. The fourth-order valence-electron chi connectivity index (χ4n) is 4.54. The number of hydrogen-bond donors (Lipinski definition) is 0. The Balaban J connectivity index is 1.96. The average Bonchev–Trinajstić information content (AvgIpc) is 2.82. The summed E-state index contributed by atoms with van der Waals surface area (Å²) in [6.45, 7) is 8.36. The highest BCUT2D eigenvalue weighted by molar-refractivity contribution is 6.69. The number of carbonyl (C=O) groups excluding carboxylic acids is 2. The standard InChI is InChI=1S/C22H24O4Si/c1-15-10-12-17(13-11-15)22-18(19(23)20(24)25-22)14-21(22,26-27(2,3)4)16-8-6-5-7-9-16/h5-13,18H,14H2,1-4H3/t18-,21+,22+/m0/s1. The van der Waals surface area contributed by atoms with E-state index in [1.807, 2.05) is 61.5 Å². The van der Waals surface area contributed by atoms with Crippen molar-refractivity contribution in [1.29, 1.82) is 0 Å². The summed E-state index contributed by atoms with van der Waals surface area (Å²) in [6, 6.07) is 17.8. The van der Waals surface area contributed by atoms with E-state index in [1.165, 1.54) is 0 Å². The molecular formula is C22H24O4Si. The predicted molar refractivity (Wildman–Crippen MR) is 105 cm³/mol. The molecule has 0 spiro atoms. The van der Waals surface area contributed by atoms with Crippen molar-refractivity contribution in [2.75, 3.05) is 0 Å². The third-order valence-electron chi connectivity index (χ3n) is 5.55. The molecule has 2 aliphatic rings. The molecule has 0 bridgehead atoms. The number of ether oxygens (including phenoxy) is 1. The van der Waals surface area contributed by atoms with E-state index in [1.54, 1.807) is 0 Å². The second-order valence-corrected chi connectivity index (χ2v) is 12.9. The highest BCUT2D eigenvalue weighted by atomic mass is 28.4. The fraction of sp³-hybridized carbons (Fsp3) is 0.364. The first-order valence-corrected chi connectivity index (χ1v) is 12.7. The van der Waals surface area contributed by atoms with Gasteiger partial charge in [0.1, 0.15) is 5.60 Å².